The summed E-state index contributed by atoms with van der Waals surface area (Å²) in [5, 5.41) is 13.3. The molecule has 22 heavy (non-hydrogen) atoms. The molecule has 0 aliphatic carbocycles. The van der Waals surface area contributed by atoms with Crippen LogP contribution in [0.2, 0.25) is 0 Å². The molecule has 1 radical (unpaired) electrons. The van der Waals surface area contributed by atoms with E-state index in [-0.39, 0.29) is 5.92 Å². The molecule has 2 unspecified atom stereocenters. The smallest absolute Gasteiger partial charge is 0.108 e. The Balaban J connectivity index is 2.81. The lowest BCUT2D eigenvalue weighted by Crippen LogP contribution is -2.32. The molecule has 1 rings (SSSR count). The van der Waals surface area contributed by atoms with Gasteiger partial charge in [-0.3, -0.25) is 0 Å². The predicted octanol–water partition coefficient (Wildman–Crippen LogP) is 6.74. The van der Waals surface area contributed by atoms with Crippen LogP contribution in [0, 0.1) is 13.8 Å². The molecule has 1 nitrogen and oxygen atoms in total. The van der Waals surface area contributed by atoms with Gasteiger partial charge in [-0.15, -0.1) is 0 Å². The highest BCUT2D eigenvalue weighted by Crippen LogP contribution is 2.38. The zero-order valence-electron chi connectivity index (χ0n) is 15.4. The molecule has 0 bridgehead atoms. The lowest BCUT2D eigenvalue weighted by molar-refractivity contribution is -0.0480. The lowest BCUT2D eigenvalue weighted by Gasteiger charge is -2.32. The molecule has 0 fully saturated rings. The van der Waals surface area contributed by atoms with Crippen molar-refractivity contribution in [1.29, 1.82) is 0 Å². The first-order chi connectivity index (χ1) is 10.4. The van der Waals surface area contributed by atoms with Crippen molar-refractivity contribution in [3.8, 4) is 0 Å². The SMILES string of the molecule is CCCCCCCC(C)([O])C(CCC)c1cc(C)ccc1C. The van der Waals surface area contributed by atoms with E-state index in [1.165, 1.54) is 42.4 Å². The van der Waals surface area contributed by atoms with Crippen LogP contribution in [-0.4, -0.2) is 5.60 Å². The van der Waals surface area contributed by atoms with Crippen molar-refractivity contribution >= 4 is 0 Å². The van der Waals surface area contributed by atoms with Gasteiger partial charge in [0.15, 0.2) is 0 Å². The zero-order valence-corrected chi connectivity index (χ0v) is 15.4. The summed E-state index contributed by atoms with van der Waals surface area (Å²) in [6.45, 7) is 10.6. The van der Waals surface area contributed by atoms with E-state index < -0.39 is 5.60 Å². The van der Waals surface area contributed by atoms with Crippen molar-refractivity contribution in [2.24, 2.45) is 0 Å². The van der Waals surface area contributed by atoms with Gasteiger partial charge in [-0.2, -0.15) is 0 Å². The Morgan fingerprint density at radius 1 is 1.00 bits per heavy atom. The van der Waals surface area contributed by atoms with Crippen LogP contribution in [0.3, 0.4) is 0 Å². The van der Waals surface area contributed by atoms with Gasteiger partial charge in [0.25, 0.3) is 0 Å². The van der Waals surface area contributed by atoms with E-state index in [1.54, 1.807) is 0 Å². The summed E-state index contributed by atoms with van der Waals surface area (Å²) >= 11 is 0. The highest BCUT2D eigenvalue weighted by molar-refractivity contribution is 5.35. The molecule has 0 aromatic heterocycles. The summed E-state index contributed by atoms with van der Waals surface area (Å²) in [5.41, 5.74) is 2.98. The van der Waals surface area contributed by atoms with Gasteiger partial charge >= 0.3 is 0 Å². The van der Waals surface area contributed by atoms with E-state index in [0.717, 1.165) is 25.7 Å². The van der Waals surface area contributed by atoms with Crippen molar-refractivity contribution in [3.05, 3.63) is 34.9 Å². The first kappa shape index (κ1) is 19.2. The van der Waals surface area contributed by atoms with Gasteiger partial charge in [0.1, 0.15) is 5.60 Å². The second-order valence-electron chi connectivity index (χ2n) is 7.18. The third kappa shape index (κ3) is 5.76. The van der Waals surface area contributed by atoms with Gasteiger partial charge in [0, 0.05) is 5.92 Å². The average Bonchev–Trinajstić information content (AvgIpc) is 2.47. The first-order valence-corrected chi connectivity index (χ1v) is 9.20. The number of unbranched alkanes of at least 4 members (excludes halogenated alkanes) is 4. The standard InChI is InChI=1S/C21H35O/c1-6-8-9-10-11-15-21(5,22)20(12-7-2)19-16-17(3)13-14-18(19)4/h13-14,16,20H,6-12,15H2,1-5H3. The minimum absolute atomic E-state index is 0.142. The van der Waals surface area contributed by atoms with Crippen molar-refractivity contribution < 1.29 is 5.11 Å². The van der Waals surface area contributed by atoms with Crippen molar-refractivity contribution in [3.63, 3.8) is 0 Å². The quantitative estimate of drug-likeness (QED) is 0.427. The van der Waals surface area contributed by atoms with Gasteiger partial charge in [-0.05, 0) is 44.7 Å². The topological polar surface area (TPSA) is 19.9 Å². The predicted molar refractivity (Wildman–Crippen MR) is 96.0 cm³/mol. The minimum atomic E-state index is -0.846. The van der Waals surface area contributed by atoms with Crippen LogP contribution in [0.15, 0.2) is 18.2 Å². The molecule has 0 amide bonds. The van der Waals surface area contributed by atoms with Crippen molar-refractivity contribution in [2.75, 3.05) is 0 Å². The van der Waals surface area contributed by atoms with Gasteiger partial charge in [0.05, 0.1) is 0 Å². The van der Waals surface area contributed by atoms with Crippen LogP contribution in [-0.2, 0) is 5.11 Å². The number of hydrogen-bond donors (Lipinski definition) is 0. The molecule has 125 valence electrons. The molecule has 0 saturated carbocycles. The summed E-state index contributed by atoms with van der Waals surface area (Å²) < 4.78 is 0. The van der Waals surface area contributed by atoms with Crippen molar-refractivity contribution in [1.82, 2.24) is 0 Å². The van der Waals surface area contributed by atoms with E-state index in [9.17, 15) is 5.11 Å². The Morgan fingerprint density at radius 3 is 2.32 bits per heavy atom. The Labute approximate surface area is 138 Å². The van der Waals surface area contributed by atoms with Gasteiger partial charge in [0.2, 0.25) is 0 Å². The Morgan fingerprint density at radius 2 is 1.68 bits per heavy atom. The number of aryl methyl sites for hydroxylation is 2. The fraction of sp³-hybridized carbons (Fsp3) is 0.714. The second-order valence-corrected chi connectivity index (χ2v) is 7.18. The van der Waals surface area contributed by atoms with Gasteiger partial charge < -0.3 is 0 Å². The summed E-state index contributed by atoms with van der Waals surface area (Å²) in [4.78, 5) is 0. The molecular weight excluding hydrogens is 268 g/mol. The van der Waals surface area contributed by atoms with E-state index >= 15 is 0 Å². The fourth-order valence-electron chi connectivity index (χ4n) is 3.47. The second kappa shape index (κ2) is 9.35. The third-order valence-corrected chi connectivity index (χ3v) is 4.90. The monoisotopic (exact) mass is 303 g/mol. The van der Waals surface area contributed by atoms with Crippen LogP contribution in [0.4, 0.5) is 0 Å². The van der Waals surface area contributed by atoms with Crippen LogP contribution < -0.4 is 0 Å². The molecule has 1 aromatic rings. The molecule has 0 aliphatic rings. The molecule has 0 saturated heterocycles. The zero-order chi connectivity index (χ0) is 16.6. The Hall–Kier alpha value is -0.820. The molecule has 2 atom stereocenters. The molecule has 1 aromatic carbocycles. The Kier molecular flexibility index (Phi) is 8.17. The van der Waals surface area contributed by atoms with Crippen LogP contribution >= 0.6 is 0 Å². The van der Waals surface area contributed by atoms with E-state index in [4.69, 9.17) is 0 Å². The number of rotatable bonds is 10. The maximum atomic E-state index is 13.3. The highest BCUT2D eigenvalue weighted by Gasteiger charge is 2.34. The van der Waals surface area contributed by atoms with Gasteiger partial charge in [-0.25, -0.2) is 5.11 Å². The summed E-state index contributed by atoms with van der Waals surface area (Å²) in [6.07, 6.45) is 8.98. The maximum absolute atomic E-state index is 13.3. The van der Waals surface area contributed by atoms with Crippen LogP contribution in [0.1, 0.15) is 94.7 Å². The molecule has 0 aliphatic heterocycles. The normalized spacial score (nSPS) is 15.5. The molecular formula is C21H35O. The molecule has 0 N–H and O–H groups in total. The number of hydrogen-bond acceptors (Lipinski definition) is 0. The first-order valence-electron chi connectivity index (χ1n) is 9.20. The van der Waals surface area contributed by atoms with Crippen LogP contribution in [0.25, 0.3) is 0 Å². The minimum Gasteiger partial charge on any atom is -0.229 e. The fourth-order valence-corrected chi connectivity index (χ4v) is 3.47. The summed E-state index contributed by atoms with van der Waals surface area (Å²) in [5.74, 6) is 0.142. The lowest BCUT2D eigenvalue weighted by atomic mass is 9.76. The summed E-state index contributed by atoms with van der Waals surface area (Å²) in [6, 6.07) is 6.56. The van der Waals surface area contributed by atoms with Crippen LogP contribution in [0.5, 0.6) is 0 Å². The van der Waals surface area contributed by atoms with E-state index in [0.29, 0.717) is 0 Å². The largest absolute Gasteiger partial charge is 0.229 e. The average molecular weight is 304 g/mol. The molecule has 1 heteroatoms. The van der Waals surface area contributed by atoms with Gasteiger partial charge in [-0.1, -0.05) is 76.1 Å². The maximum Gasteiger partial charge on any atom is 0.108 e. The van der Waals surface area contributed by atoms with E-state index in [1.807, 2.05) is 6.92 Å². The van der Waals surface area contributed by atoms with Crippen molar-refractivity contribution in [2.45, 2.75) is 97.5 Å². The number of benzene rings is 1. The summed E-state index contributed by atoms with van der Waals surface area (Å²) in [7, 11) is 0. The molecule has 0 heterocycles. The highest BCUT2D eigenvalue weighted by atomic mass is 16.3. The third-order valence-electron chi connectivity index (χ3n) is 4.90. The Bertz CT molecular complexity index is 434. The van der Waals surface area contributed by atoms with E-state index in [2.05, 4.69) is 45.9 Å². The molecule has 0 spiro atoms.